The molecule has 1 aromatic carbocycles. The van der Waals surface area contributed by atoms with E-state index in [-0.39, 0.29) is 0 Å². The van der Waals surface area contributed by atoms with Gasteiger partial charge in [-0.1, -0.05) is 18.2 Å². The van der Waals surface area contributed by atoms with Gasteiger partial charge in [-0.15, -0.1) is 0 Å². The number of rotatable bonds is 3. The quantitative estimate of drug-likeness (QED) is 0.784. The second kappa shape index (κ2) is 4.85. The SMILES string of the molecule is CN(C)CC[C@H]1CCc2ccccc2N1N. The number of hydrogen-bond donors (Lipinski definition) is 1. The lowest BCUT2D eigenvalue weighted by molar-refractivity contribution is 0.364. The van der Waals surface area contributed by atoms with Gasteiger partial charge in [-0.2, -0.15) is 0 Å². The molecule has 3 nitrogen and oxygen atoms in total. The molecule has 0 saturated carbocycles. The van der Waals surface area contributed by atoms with Crippen LogP contribution >= 0.6 is 0 Å². The second-order valence-corrected chi connectivity index (χ2v) is 4.82. The molecule has 0 bridgehead atoms. The summed E-state index contributed by atoms with van der Waals surface area (Å²) < 4.78 is 0. The highest BCUT2D eigenvalue weighted by atomic mass is 15.4. The molecule has 0 saturated heterocycles. The van der Waals surface area contributed by atoms with Gasteiger partial charge in [0.05, 0.1) is 5.69 Å². The fourth-order valence-electron chi connectivity index (χ4n) is 2.32. The molecule has 1 atom stereocenters. The summed E-state index contributed by atoms with van der Waals surface area (Å²) in [5.41, 5.74) is 2.59. The Morgan fingerprint density at radius 2 is 2.12 bits per heavy atom. The van der Waals surface area contributed by atoms with E-state index in [4.69, 9.17) is 5.84 Å². The number of hydrogen-bond acceptors (Lipinski definition) is 3. The van der Waals surface area contributed by atoms with Crippen LogP contribution in [0.25, 0.3) is 0 Å². The third kappa shape index (κ3) is 2.36. The van der Waals surface area contributed by atoms with Gasteiger partial charge in [0.1, 0.15) is 0 Å². The Labute approximate surface area is 97.8 Å². The first-order valence-corrected chi connectivity index (χ1v) is 5.95. The minimum Gasteiger partial charge on any atom is -0.309 e. The zero-order valence-electron chi connectivity index (χ0n) is 10.2. The zero-order valence-corrected chi connectivity index (χ0v) is 10.2. The van der Waals surface area contributed by atoms with Crippen molar-refractivity contribution < 1.29 is 0 Å². The summed E-state index contributed by atoms with van der Waals surface area (Å²) in [6.07, 6.45) is 3.46. The number of para-hydroxylation sites is 1. The molecule has 2 N–H and O–H groups in total. The van der Waals surface area contributed by atoms with Crippen molar-refractivity contribution in [3.05, 3.63) is 29.8 Å². The molecular formula is C13H21N3. The molecule has 1 heterocycles. The summed E-state index contributed by atoms with van der Waals surface area (Å²) >= 11 is 0. The van der Waals surface area contributed by atoms with Crippen molar-refractivity contribution >= 4 is 5.69 Å². The van der Waals surface area contributed by atoms with Crippen LogP contribution < -0.4 is 10.9 Å². The topological polar surface area (TPSA) is 32.5 Å². The molecule has 0 aromatic heterocycles. The van der Waals surface area contributed by atoms with E-state index >= 15 is 0 Å². The van der Waals surface area contributed by atoms with Crippen LogP contribution in [-0.4, -0.2) is 31.6 Å². The Morgan fingerprint density at radius 3 is 2.88 bits per heavy atom. The van der Waals surface area contributed by atoms with Gasteiger partial charge in [-0.3, -0.25) is 0 Å². The van der Waals surface area contributed by atoms with E-state index in [0.29, 0.717) is 6.04 Å². The third-order valence-corrected chi connectivity index (χ3v) is 3.32. The first kappa shape index (κ1) is 11.4. The van der Waals surface area contributed by atoms with E-state index in [2.05, 4.69) is 43.3 Å². The largest absolute Gasteiger partial charge is 0.309 e. The fraction of sp³-hybridized carbons (Fsp3) is 0.538. The number of nitrogens with zero attached hydrogens (tertiary/aromatic N) is 2. The lowest BCUT2D eigenvalue weighted by Gasteiger charge is -2.35. The lowest BCUT2D eigenvalue weighted by atomic mass is 9.95. The van der Waals surface area contributed by atoms with Crippen molar-refractivity contribution in [3.8, 4) is 0 Å². The zero-order chi connectivity index (χ0) is 11.5. The van der Waals surface area contributed by atoms with Crippen molar-refractivity contribution in [2.45, 2.75) is 25.3 Å². The van der Waals surface area contributed by atoms with Gasteiger partial charge in [-0.25, -0.2) is 5.84 Å². The van der Waals surface area contributed by atoms with Gasteiger partial charge in [0.2, 0.25) is 0 Å². The van der Waals surface area contributed by atoms with Gasteiger partial charge >= 0.3 is 0 Å². The molecule has 2 rings (SSSR count). The molecule has 0 fully saturated rings. The van der Waals surface area contributed by atoms with Gasteiger partial charge in [0.15, 0.2) is 0 Å². The van der Waals surface area contributed by atoms with Gasteiger partial charge in [0.25, 0.3) is 0 Å². The van der Waals surface area contributed by atoms with Crippen LogP contribution in [0.2, 0.25) is 0 Å². The maximum Gasteiger partial charge on any atom is 0.0552 e. The Balaban J connectivity index is 2.06. The average Bonchev–Trinajstić information content (AvgIpc) is 2.28. The molecule has 0 amide bonds. The molecule has 0 spiro atoms. The van der Waals surface area contributed by atoms with E-state index in [9.17, 15) is 0 Å². The van der Waals surface area contributed by atoms with E-state index in [1.807, 2.05) is 5.01 Å². The molecule has 1 aromatic rings. The predicted octanol–water partition coefficient (Wildman–Crippen LogP) is 1.63. The van der Waals surface area contributed by atoms with Gasteiger partial charge < -0.3 is 9.91 Å². The monoisotopic (exact) mass is 219 g/mol. The number of anilines is 1. The van der Waals surface area contributed by atoms with Crippen molar-refractivity contribution in [2.75, 3.05) is 25.6 Å². The molecule has 1 aliphatic heterocycles. The Morgan fingerprint density at radius 1 is 1.38 bits per heavy atom. The maximum absolute atomic E-state index is 6.19. The van der Waals surface area contributed by atoms with Crippen LogP contribution in [-0.2, 0) is 6.42 Å². The summed E-state index contributed by atoms with van der Waals surface area (Å²) in [5.74, 6) is 6.19. The van der Waals surface area contributed by atoms with Crippen LogP contribution in [0.5, 0.6) is 0 Å². The molecule has 0 unspecified atom stereocenters. The highest BCUT2D eigenvalue weighted by Crippen LogP contribution is 2.29. The van der Waals surface area contributed by atoms with Crippen molar-refractivity contribution in [2.24, 2.45) is 5.84 Å². The van der Waals surface area contributed by atoms with Crippen molar-refractivity contribution in [1.82, 2.24) is 4.90 Å². The maximum atomic E-state index is 6.19. The summed E-state index contributed by atoms with van der Waals surface area (Å²) in [7, 11) is 4.22. The normalized spacial score (nSPS) is 20.0. The lowest BCUT2D eigenvalue weighted by Crippen LogP contribution is -2.45. The third-order valence-electron chi connectivity index (χ3n) is 3.32. The first-order valence-electron chi connectivity index (χ1n) is 5.95. The molecule has 16 heavy (non-hydrogen) atoms. The Kier molecular flexibility index (Phi) is 3.46. The average molecular weight is 219 g/mol. The molecule has 88 valence electrons. The standard InChI is InChI=1S/C13H21N3/c1-15(2)10-9-12-8-7-11-5-3-4-6-13(11)16(12)14/h3-6,12H,7-10,14H2,1-2H3/t12-/m1/s1. The molecule has 0 radical (unpaired) electrons. The summed E-state index contributed by atoms with van der Waals surface area (Å²) in [6, 6.07) is 8.94. The number of aryl methyl sites for hydroxylation is 1. The van der Waals surface area contributed by atoms with Crippen LogP contribution in [0.4, 0.5) is 5.69 Å². The molecule has 0 aliphatic carbocycles. The first-order chi connectivity index (χ1) is 7.68. The Hall–Kier alpha value is -1.06. The molecule has 1 aliphatic rings. The number of benzene rings is 1. The number of hydrazine groups is 1. The highest BCUT2D eigenvalue weighted by Gasteiger charge is 2.23. The van der Waals surface area contributed by atoms with Gasteiger partial charge in [-0.05, 0) is 51.5 Å². The summed E-state index contributed by atoms with van der Waals surface area (Å²) in [4.78, 5) is 2.22. The van der Waals surface area contributed by atoms with E-state index < -0.39 is 0 Å². The van der Waals surface area contributed by atoms with Crippen molar-refractivity contribution in [3.63, 3.8) is 0 Å². The van der Waals surface area contributed by atoms with E-state index in [1.54, 1.807) is 0 Å². The van der Waals surface area contributed by atoms with Crippen LogP contribution in [0.1, 0.15) is 18.4 Å². The Bertz CT molecular complexity index is 349. The van der Waals surface area contributed by atoms with Crippen LogP contribution in [0.3, 0.4) is 0 Å². The van der Waals surface area contributed by atoms with Crippen molar-refractivity contribution in [1.29, 1.82) is 0 Å². The van der Waals surface area contributed by atoms with E-state index in [0.717, 1.165) is 19.4 Å². The van der Waals surface area contributed by atoms with E-state index in [1.165, 1.54) is 17.7 Å². The number of fused-ring (bicyclic) bond motifs is 1. The number of nitrogens with two attached hydrogens (primary N) is 1. The minimum atomic E-state index is 0.484. The molecule has 3 heteroatoms. The van der Waals surface area contributed by atoms with Gasteiger partial charge in [0, 0.05) is 6.04 Å². The minimum absolute atomic E-state index is 0.484. The summed E-state index contributed by atoms with van der Waals surface area (Å²) in [5, 5.41) is 1.96. The highest BCUT2D eigenvalue weighted by molar-refractivity contribution is 5.55. The van der Waals surface area contributed by atoms with Crippen LogP contribution in [0, 0.1) is 0 Å². The second-order valence-electron chi connectivity index (χ2n) is 4.82. The fourth-order valence-corrected chi connectivity index (χ4v) is 2.32. The smallest absolute Gasteiger partial charge is 0.0552 e. The predicted molar refractivity (Wildman–Crippen MR) is 68.4 cm³/mol. The summed E-state index contributed by atoms with van der Waals surface area (Å²) in [6.45, 7) is 1.10. The molecular weight excluding hydrogens is 198 g/mol. The van der Waals surface area contributed by atoms with Crippen LogP contribution in [0.15, 0.2) is 24.3 Å².